The summed E-state index contributed by atoms with van der Waals surface area (Å²) in [6.45, 7) is 5.22. The zero-order valence-corrected chi connectivity index (χ0v) is 14.3. The van der Waals surface area contributed by atoms with Crippen LogP contribution in [0.5, 0.6) is 0 Å². The molecule has 1 N–H and O–H groups in total. The van der Waals surface area contributed by atoms with E-state index in [4.69, 9.17) is 0 Å². The summed E-state index contributed by atoms with van der Waals surface area (Å²) in [6, 6.07) is -0.0491. The van der Waals surface area contributed by atoms with Gasteiger partial charge in [-0.05, 0) is 26.2 Å². The summed E-state index contributed by atoms with van der Waals surface area (Å²) in [5, 5.41) is 12.8. The van der Waals surface area contributed by atoms with Crippen molar-refractivity contribution in [2.24, 2.45) is 5.92 Å². The van der Waals surface area contributed by atoms with Crippen LogP contribution in [0.2, 0.25) is 0 Å². The number of hydrogen-bond acceptors (Lipinski definition) is 5. The molecule has 1 aromatic heterocycles. The fourth-order valence-electron chi connectivity index (χ4n) is 2.76. The number of nitrogens with zero attached hydrogens (tertiary/aromatic N) is 4. The molecule has 126 valence electrons. The van der Waals surface area contributed by atoms with E-state index in [1.165, 1.54) is 0 Å². The summed E-state index contributed by atoms with van der Waals surface area (Å²) in [7, 11) is 0. The molecule has 3 amide bonds. The predicted octanol–water partition coefficient (Wildman–Crippen LogP) is 1.04. The van der Waals surface area contributed by atoms with E-state index in [9.17, 15) is 9.59 Å². The Bertz CT molecular complexity index is 572. The van der Waals surface area contributed by atoms with Crippen LogP contribution in [0.25, 0.3) is 0 Å². The molecule has 0 radical (unpaired) electrons. The van der Waals surface area contributed by atoms with Crippen molar-refractivity contribution >= 4 is 23.3 Å². The lowest BCUT2D eigenvalue weighted by molar-refractivity contribution is -0.132. The lowest BCUT2D eigenvalue weighted by atomic mass is 10.3. The Morgan fingerprint density at radius 3 is 2.61 bits per heavy atom. The van der Waals surface area contributed by atoms with Crippen LogP contribution in [0.4, 0.5) is 4.79 Å². The van der Waals surface area contributed by atoms with Gasteiger partial charge in [0.15, 0.2) is 0 Å². The SMILES string of the molecule is Cc1nnc(CCNC(=O)N2CCCN(C(=O)C3CC3)CC2)s1. The molecule has 3 rings (SSSR count). The van der Waals surface area contributed by atoms with Crippen LogP contribution in [0.1, 0.15) is 29.3 Å². The largest absolute Gasteiger partial charge is 0.341 e. The molecule has 1 aliphatic heterocycles. The van der Waals surface area contributed by atoms with Crippen molar-refractivity contribution < 1.29 is 9.59 Å². The number of carbonyl (C=O) groups excluding carboxylic acids is 2. The average molecular weight is 337 g/mol. The molecule has 1 saturated carbocycles. The molecule has 2 fully saturated rings. The van der Waals surface area contributed by atoms with Crippen molar-refractivity contribution in [1.82, 2.24) is 25.3 Å². The van der Waals surface area contributed by atoms with Gasteiger partial charge in [-0.2, -0.15) is 0 Å². The molecule has 7 nitrogen and oxygen atoms in total. The second-order valence-electron chi connectivity index (χ2n) is 6.14. The maximum atomic E-state index is 12.2. The minimum absolute atomic E-state index is 0.0491. The Morgan fingerprint density at radius 2 is 1.91 bits per heavy atom. The molecule has 1 saturated heterocycles. The van der Waals surface area contributed by atoms with Gasteiger partial charge in [0, 0.05) is 45.1 Å². The monoisotopic (exact) mass is 337 g/mol. The number of urea groups is 1. The normalized spacial score (nSPS) is 18.7. The summed E-state index contributed by atoms with van der Waals surface area (Å²) in [4.78, 5) is 28.1. The Labute approximate surface area is 140 Å². The van der Waals surface area contributed by atoms with Crippen molar-refractivity contribution in [3.8, 4) is 0 Å². The van der Waals surface area contributed by atoms with Gasteiger partial charge < -0.3 is 15.1 Å². The zero-order chi connectivity index (χ0) is 16.2. The van der Waals surface area contributed by atoms with E-state index in [1.807, 2.05) is 16.7 Å². The van der Waals surface area contributed by atoms with Crippen molar-refractivity contribution in [1.29, 1.82) is 0 Å². The standard InChI is InChI=1S/C15H23N5O2S/c1-11-17-18-13(23-11)5-6-16-15(22)20-8-2-7-19(9-10-20)14(21)12-3-4-12/h12H,2-10H2,1H3,(H,16,22). The van der Waals surface area contributed by atoms with Crippen molar-refractivity contribution in [2.75, 3.05) is 32.7 Å². The molecule has 0 unspecified atom stereocenters. The first-order chi connectivity index (χ1) is 11.1. The second-order valence-corrected chi connectivity index (χ2v) is 7.40. The Hall–Kier alpha value is -1.70. The number of nitrogens with one attached hydrogen (secondary N) is 1. The van der Waals surface area contributed by atoms with E-state index in [1.54, 1.807) is 11.3 Å². The Morgan fingerprint density at radius 1 is 1.17 bits per heavy atom. The van der Waals surface area contributed by atoms with Gasteiger partial charge in [-0.3, -0.25) is 4.79 Å². The number of amides is 3. The van der Waals surface area contributed by atoms with E-state index in [0.717, 1.165) is 35.8 Å². The maximum absolute atomic E-state index is 12.2. The minimum Gasteiger partial charge on any atom is -0.341 e. The molecule has 1 aliphatic carbocycles. The third kappa shape index (κ3) is 4.40. The Balaban J connectivity index is 1.41. The molecule has 0 spiro atoms. The third-order valence-electron chi connectivity index (χ3n) is 4.20. The van der Waals surface area contributed by atoms with Crippen LogP contribution in [0, 0.1) is 12.8 Å². The second kappa shape index (κ2) is 7.25. The quantitative estimate of drug-likeness (QED) is 0.890. The van der Waals surface area contributed by atoms with E-state index in [0.29, 0.717) is 32.6 Å². The lowest BCUT2D eigenvalue weighted by Crippen LogP contribution is -2.43. The highest BCUT2D eigenvalue weighted by molar-refractivity contribution is 7.11. The van der Waals surface area contributed by atoms with Gasteiger partial charge in [-0.25, -0.2) is 4.79 Å². The summed E-state index contributed by atoms with van der Waals surface area (Å²) < 4.78 is 0. The van der Waals surface area contributed by atoms with E-state index in [-0.39, 0.29) is 17.9 Å². The van der Waals surface area contributed by atoms with Crippen molar-refractivity contribution in [2.45, 2.75) is 32.6 Å². The van der Waals surface area contributed by atoms with Crippen LogP contribution in [-0.2, 0) is 11.2 Å². The van der Waals surface area contributed by atoms with Crippen molar-refractivity contribution in [3.05, 3.63) is 10.0 Å². The minimum atomic E-state index is -0.0491. The van der Waals surface area contributed by atoms with Crippen molar-refractivity contribution in [3.63, 3.8) is 0 Å². The van der Waals surface area contributed by atoms with Gasteiger partial charge in [0.05, 0.1) is 0 Å². The first-order valence-electron chi connectivity index (χ1n) is 8.24. The van der Waals surface area contributed by atoms with Crippen LogP contribution in [-0.4, -0.2) is 64.7 Å². The molecule has 23 heavy (non-hydrogen) atoms. The number of hydrogen-bond donors (Lipinski definition) is 1. The fraction of sp³-hybridized carbons (Fsp3) is 0.733. The molecule has 1 aromatic rings. The summed E-state index contributed by atoms with van der Waals surface area (Å²) in [5.74, 6) is 0.532. The van der Waals surface area contributed by atoms with E-state index < -0.39 is 0 Å². The first-order valence-corrected chi connectivity index (χ1v) is 9.05. The van der Waals surface area contributed by atoms with Gasteiger partial charge in [0.25, 0.3) is 0 Å². The molecule has 0 aromatic carbocycles. The fourth-order valence-corrected chi connectivity index (χ4v) is 3.46. The molecule has 2 aliphatic rings. The smallest absolute Gasteiger partial charge is 0.317 e. The van der Waals surface area contributed by atoms with Gasteiger partial charge in [0.1, 0.15) is 10.0 Å². The summed E-state index contributed by atoms with van der Waals surface area (Å²) in [6.07, 6.45) is 3.62. The van der Waals surface area contributed by atoms with Gasteiger partial charge in [0.2, 0.25) is 5.91 Å². The lowest BCUT2D eigenvalue weighted by Gasteiger charge is -2.22. The van der Waals surface area contributed by atoms with E-state index >= 15 is 0 Å². The molecule has 8 heteroatoms. The molecular weight excluding hydrogens is 314 g/mol. The number of rotatable bonds is 4. The van der Waals surface area contributed by atoms with Gasteiger partial charge in [-0.15, -0.1) is 21.5 Å². The number of aromatic nitrogens is 2. The van der Waals surface area contributed by atoms with Crippen LogP contribution in [0.15, 0.2) is 0 Å². The first kappa shape index (κ1) is 16.2. The highest BCUT2D eigenvalue weighted by atomic mass is 32.1. The topological polar surface area (TPSA) is 78.4 Å². The Kier molecular flexibility index (Phi) is 5.09. The molecule has 2 heterocycles. The van der Waals surface area contributed by atoms with Crippen LogP contribution >= 0.6 is 11.3 Å². The molecule has 0 bridgehead atoms. The summed E-state index contributed by atoms with van der Waals surface area (Å²) >= 11 is 1.56. The van der Waals surface area contributed by atoms with E-state index in [2.05, 4.69) is 15.5 Å². The highest BCUT2D eigenvalue weighted by Gasteiger charge is 2.34. The third-order valence-corrected chi connectivity index (χ3v) is 5.10. The highest BCUT2D eigenvalue weighted by Crippen LogP contribution is 2.31. The maximum Gasteiger partial charge on any atom is 0.317 e. The van der Waals surface area contributed by atoms with Crippen LogP contribution < -0.4 is 5.32 Å². The zero-order valence-electron chi connectivity index (χ0n) is 13.5. The summed E-state index contributed by atoms with van der Waals surface area (Å²) in [5.41, 5.74) is 0. The average Bonchev–Trinajstić information content (AvgIpc) is 3.33. The van der Waals surface area contributed by atoms with Crippen LogP contribution in [0.3, 0.4) is 0 Å². The van der Waals surface area contributed by atoms with Gasteiger partial charge in [-0.1, -0.05) is 0 Å². The van der Waals surface area contributed by atoms with Gasteiger partial charge >= 0.3 is 6.03 Å². The molecular formula is C15H23N5O2S. The number of carbonyl (C=O) groups is 2. The predicted molar refractivity (Wildman–Crippen MR) is 87.2 cm³/mol. The number of aryl methyl sites for hydroxylation is 1. The molecule has 0 atom stereocenters.